The van der Waals surface area contributed by atoms with Crippen molar-refractivity contribution in [2.45, 2.75) is 44.3 Å². The van der Waals surface area contributed by atoms with Crippen LogP contribution in [-0.4, -0.2) is 36.2 Å². The summed E-state index contributed by atoms with van der Waals surface area (Å²) in [5, 5.41) is 12.8. The van der Waals surface area contributed by atoms with Crippen LogP contribution in [-0.2, 0) is 6.54 Å². The second-order valence-electron chi connectivity index (χ2n) is 5.38. The fraction of sp³-hybridized carbons (Fsp3) is 0.600. The molecule has 1 aliphatic carbocycles. The number of nitrogens with one attached hydrogen (secondary N) is 1. The molecule has 0 saturated heterocycles. The summed E-state index contributed by atoms with van der Waals surface area (Å²) in [5.41, 5.74) is 1.19. The molecule has 2 rings (SSSR count). The van der Waals surface area contributed by atoms with E-state index >= 15 is 0 Å². The van der Waals surface area contributed by atoms with E-state index in [1.807, 2.05) is 12.1 Å². The SMILES string of the molecule is CNC1CCC(N(C)Cc2cccc(O)c2)CC1. The molecule has 1 aromatic carbocycles. The van der Waals surface area contributed by atoms with Crippen LogP contribution in [0.2, 0.25) is 0 Å². The summed E-state index contributed by atoms with van der Waals surface area (Å²) in [5.74, 6) is 0.361. The number of phenols is 1. The largest absolute Gasteiger partial charge is 0.508 e. The monoisotopic (exact) mass is 248 g/mol. The molecule has 3 nitrogen and oxygen atoms in total. The second kappa shape index (κ2) is 6.21. The topological polar surface area (TPSA) is 35.5 Å². The summed E-state index contributed by atoms with van der Waals surface area (Å²) in [6, 6.07) is 8.95. The number of phenolic OH excluding ortho intramolecular Hbond substituents is 1. The summed E-state index contributed by atoms with van der Waals surface area (Å²) >= 11 is 0. The van der Waals surface area contributed by atoms with Gasteiger partial charge in [-0.05, 0) is 57.5 Å². The lowest BCUT2D eigenvalue weighted by Crippen LogP contribution is -2.39. The summed E-state index contributed by atoms with van der Waals surface area (Å²) in [6.45, 7) is 0.920. The van der Waals surface area contributed by atoms with Crippen LogP contribution in [0.4, 0.5) is 0 Å². The van der Waals surface area contributed by atoms with E-state index in [4.69, 9.17) is 0 Å². The number of hydrogen-bond donors (Lipinski definition) is 2. The van der Waals surface area contributed by atoms with Gasteiger partial charge in [-0.1, -0.05) is 12.1 Å². The molecule has 18 heavy (non-hydrogen) atoms. The molecule has 1 aliphatic rings. The number of rotatable bonds is 4. The Morgan fingerprint density at radius 1 is 1.28 bits per heavy atom. The van der Waals surface area contributed by atoms with Gasteiger partial charge in [0.05, 0.1) is 0 Å². The van der Waals surface area contributed by atoms with E-state index in [9.17, 15) is 5.11 Å². The molecular formula is C15H24N2O. The predicted molar refractivity (Wildman–Crippen MR) is 74.7 cm³/mol. The highest BCUT2D eigenvalue weighted by molar-refractivity contribution is 5.27. The minimum atomic E-state index is 0.361. The van der Waals surface area contributed by atoms with Gasteiger partial charge in [0, 0.05) is 18.6 Å². The van der Waals surface area contributed by atoms with E-state index in [1.54, 1.807) is 6.07 Å². The zero-order chi connectivity index (χ0) is 13.0. The van der Waals surface area contributed by atoms with Gasteiger partial charge in [0.15, 0.2) is 0 Å². The molecule has 1 fully saturated rings. The number of aromatic hydroxyl groups is 1. The average Bonchev–Trinajstić information content (AvgIpc) is 2.39. The van der Waals surface area contributed by atoms with Crippen LogP contribution in [0.1, 0.15) is 31.2 Å². The molecule has 0 radical (unpaired) electrons. The summed E-state index contributed by atoms with van der Waals surface area (Å²) in [6.07, 6.45) is 5.07. The lowest BCUT2D eigenvalue weighted by Gasteiger charge is -2.34. The van der Waals surface area contributed by atoms with Crippen LogP contribution < -0.4 is 5.32 Å². The van der Waals surface area contributed by atoms with Gasteiger partial charge in [0.25, 0.3) is 0 Å². The fourth-order valence-electron chi connectivity index (χ4n) is 2.88. The molecule has 0 heterocycles. The third-order valence-corrected chi connectivity index (χ3v) is 4.07. The van der Waals surface area contributed by atoms with E-state index in [0.717, 1.165) is 6.54 Å². The number of benzene rings is 1. The predicted octanol–water partition coefficient (Wildman–Crippen LogP) is 2.35. The van der Waals surface area contributed by atoms with E-state index < -0.39 is 0 Å². The molecule has 0 aromatic heterocycles. The van der Waals surface area contributed by atoms with E-state index in [2.05, 4.69) is 30.4 Å². The number of hydrogen-bond acceptors (Lipinski definition) is 3. The van der Waals surface area contributed by atoms with Gasteiger partial charge in [-0.15, -0.1) is 0 Å². The first-order valence-electron chi connectivity index (χ1n) is 6.84. The first kappa shape index (κ1) is 13.4. The van der Waals surface area contributed by atoms with Crippen molar-refractivity contribution < 1.29 is 5.11 Å². The smallest absolute Gasteiger partial charge is 0.115 e. The number of nitrogens with zero attached hydrogens (tertiary/aromatic N) is 1. The van der Waals surface area contributed by atoms with Crippen LogP contribution in [0, 0.1) is 0 Å². The van der Waals surface area contributed by atoms with Crippen molar-refractivity contribution in [3.05, 3.63) is 29.8 Å². The van der Waals surface area contributed by atoms with E-state index in [1.165, 1.54) is 31.2 Å². The Kier molecular flexibility index (Phi) is 4.61. The Bertz CT molecular complexity index is 373. The Morgan fingerprint density at radius 3 is 2.61 bits per heavy atom. The van der Waals surface area contributed by atoms with Crippen molar-refractivity contribution in [2.75, 3.05) is 14.1 Å². The lowest BCUT2D eigenvalue weighted by atomic mass is 9.90. The first-order valence-corrected chi connectivity index (χ1v) is 6.84. The van der Waals surface area contributed by atoms with Gasteiger partial charge >= 0.3 is 0 Å². The standard InChI is InChI=1S/C15H24N2O/c1-16-13-6-8-14(9-7-13)17(2)11-12-4-3-5-15(18)10-12/h3-5,10,13-14,16,18H,6-9,11H2,1-2H3. The molecule has 0 amide bonds. The molecule has 0 spiro atoms. The summed E-state index contributed by atoms with van der Waals surface area (Å²) < 4.78 is 0. The average molecular weight is 248 g/mol. The maximum atomic E-state index is 9.48. The highest BCUT2D eigenvalue weighted by atomic mass is 16.3. The zero-order valence-electron chi connectivity index (χ0n) is 11.4. The van der Waals surface area contributed by atoms with Crippen molar-refractivity contribution in [1.29, 1.82) is 0 Å². The molecule has 1 aromatic rings. The Labute approximate surface area is 110 Å². The Morgan fingerprint density at radius 2 is 2.00 bits per heavy atom. The molecule has 2 N–H and O–H groups in total. The summed E-state index contributed by atoms with van der Waals surface area (Å²) in [4.78, 5) is 2.42. The minimum absolute atomic E-state index is 0.361. The minimum Gasteiger partial charge on any atom is -0.508 e. The normalized spacial score (nSPS) is 24.4. The van der Waals surface area contributed by atoms with Gasteiger partial charge in [-0.3, -0.25) is 4.90 Å². The van der Waals surface area contributed by atoms with E-state index in [0.29, 0.717) is 17.8 Å². The molecule has 3 heteroatoms. The lowest BCUT2D eigenvalue weighted by molar-refractivity contribution is 0.170. The van der Waals surface area contributed by atoms with Gasteiger partial charge in [-0.25, -0.2) is 0 Å². The quantitative estimate of drug-likeness (QED) is 0.858. The highest BCUT2D eigenvalue weighted by Gasteiger charge is 2.22. The first-order chi connectivity index (χ1) is 8.69. The van der Waals surface area contributed by atoms with Crippen LogP contribution in [0.25, 0.3) is 0 Å². The van der Waals surface area contributed by atoms with E-state index in [-0.39, 0.29) is 0 Å². The highest BCUT2D eigenvalue weighted by Crippen LogP contribution is 2.23. The Balaban J connectivity index is 1.87. The summed E-state index contributed by atoms with van der Waals surface area (Å²) in [7, 11) is 4.25. The maximum Gasteiger partial charge on any atom is 0.115 e. The molecular weight excluding hydrogens is 224 g/mol. The van der Waals surface area contributed by atoms with Gasteiger partial charge in [-0.2, -0.15) is 0 Å². The van der Waals surface area contributed by atoms with Crippen LogP contribution in [0.5, 0.6) is 5.75 Å². The molecule has 100 valence electrons. The fourth-order valence-corrected chi connectivity index (χ4v) is 2.88. The third kappa shape index (κ3) is 3.47. The van der Waals surface area contributed by atoms with Crippen molar-refractivity contribution in [1.82, 2.24) is 10.2 Å². The van der Waals surface area contributed by atoms with Crippen LogP contribution in [0.15, 0.2) is 24.3 Å². The van der Waals surface area contributed by atoms with Gasteiger partial charge in [0.2, 0.25) is 0 Å². The molecule has 0 aliphatic heterocycles. The van der Waals surface area contributed by atoms with Crippen LogP contribution >= 0.6 is 0 Å². The van der Waals surface area contributed by atoms with Crippen LogP contribution in [0.3, 0.4) is 0 Å². The molecule has 1 saturated carbocycles. The van der Waals surface area contributed by atoms with Gasteiger partial charge in [0.1, 0.15) is 5.75 Å². The zero-order valence-corrected chi connectivity index (χ0v) is 11.4. The second-order valence-corrected chi connectivity index (χ2v) is 5.38. The maximum absolute atomic E-state index is 9.48. The van der Waals surface area contributed by atoms with Crippen molar-refractivity contribution >= 4 is 0 Å². The molecule has 0 atom stereocenters. The van der Waals surface area contributed by atoms with Crippen molar-refractivity contribution in [3.63, 3.8) is 0 Å². The molecule has 0 unspecified atom stereocenters. The third-order valence-electron chi connectivity index (χ3n) is 4.07. The Hall–Kier alpha value is -1.06. The van der Waals surface area contributed by atoms with Crippen molar-refractivity contribution in [2.24, 2.45) is 0 Å². The molecule has 0 bridgehead atoms. The van der Waals surface area contributed by atoms with Crippen molar-refractivity contribution in [3.8, 4) is 5.75 Å². The van der Waals surface area contributed by atoms with Gasteiger partial charge < -0.3 is 10.4 Å².